The van der Waals surface area contributed by atoms with Crippen LogP contribution in [0.3, 0.4) is 0 Å². The molecular weight excluding hydrogens is 152 g/mol. The molecule has 62 valence electrons. The molecule has 0 spiro atoms. The Hall–Kier alpha value is -0.300. The van der Waals surface area contributed by atoms with Gasteiger partial charge in [-0.15, -0.1) is 11.3 Å². The van der Waals surface area contributed by atoms with E-state index in [-0.39, 0.29) is 0 Å². The first kappa shape index (κ1) is 8.79. The highest BCUT2D eigenvalue weighted by Crippen LogP contribution is 2.31. The number of hydrogen-bond donors (Lipinski definition) is 0. The summed E-state index contributed by atoms with van der Waals surface area (Å²) in [5.74, 6) is 0. The van der Waals surface area contributed by atoms with E-state index >= 15 is 0 Å². The second-order valence-corrected chi connectivity index (χ2v) is 4.94. The lowest BCUT2D eigenvalue weighted by Crippen LogP contribution is -2.12. The minimum atomic E-state index is 0.374. The Morgan fingerprint density at radius 1 is 1.36 bits per heavy atom. The topological polar surface area (TPSA) is 0 Å². The SMILES string of the molecule is CCC(C)(C)c1ccc(C)s1. The summed E-state index contributed by atoms with van der Waals surface area (Å²) in [6.07, 6.45) is 1.22. The number of aryl methyl sites for hydroxylation is 1. The molecule has 1 aromatic heterocycles. The third-order valence-corrected chi connectivity index (χ3v) is 3.66. The minimum Gasteiger partial charge on any atom is -0.145 e. The second kappa shape index (κ2) is 2.98. The van der Waals surface area contributed by atoms with Crippen molar-refractivity contribution >= 4 is 11.3 Å². The van der Waals surface area contributed by atoms with Gasteiger partial charge in [0.1, 0.15) is 0 Å². The lowest BCUT2D eigenvalue weighted by atomic mass is 9.89. The van der Waals surface area contributed by atoms with E-state index in [9.17, 15) is 0 Å². The van der Waals surface area contributed by atoms with Crippen molar-refractivity contribution in [3.05, 3.63) is 21.9 Å². The molecule has 0 bridgehead atoms. The van der Waals surface area contributed by atoms with Crippen LogP contribution in [0, 0.1) is 6.92 Å². The molecule has 1 aromatic rings. The molecule has 0 aliphatic carbocycles. The molecule has 1 rings (SSSR count). The molecule has 0 fully saturated rings. The van der Waals surface area contributed by atoms with Crippen molar-refractivity contribution in [3.63, 3.8) is 0 Å². The van der Waals surface area contributed by atoms with Crippen LogP contribution in [-0.4, -0.2) is 0 Å². The number of hydrogen-bond acceptors (Lipinski definition) is 1. The van der Waals surface area contributed by atoms with Crippen LogP contribution in [0.2, 0.25) is 0 Å². The van der Waals surface area contributed by atoms with Gasteiger partial charge in [-0.2, -0.15) is 0 Å². The van der Waals surface area contributed by atoms with E-state index in [2.05, 4.69) is 39.8 Å². The maximum absolute atomic E-state index is 2.30. The Balaban J connectivity index is 2.92. The van der Waals surface area contributed by atoms with Crippen LogP contribution in [0.4, 0.5) is 0 Å². The number of thiophene rings is 1. The Kier molecular flexibility index (Phi) is 2.38. The van der Waals surface area contributed by atoms with Gasteiger partial charge in [0.25, 0.3) is 0 Å². The Bertz CT molecular complexity index is 233. The van der Waals surface area contributed by atoms with Crippen LogP contribution in [-0.2, 0) is 5.41 Å². The molecule has 0 aliphatic heterocycles. The summed E-state index contributed by atoms with van der Waals surface area (Å²) < 4.78 is 0. The standard InChI is InChI=1S/C10H16S/c1-5-10(3,4)9-7-6-8(2)11-9/h6-7H,5H2,1-4H3. The van der Waals surface area contributed by atoms with Crippen LogP contribution >= 0.6 is 11.3 Å². The number of rotatable bonds is 2. The average molecular weight is 168 g/mol. The fraction of sp³-hybridized carbons (Fsp3) is 0.600. The van der Waals surface area contributed by atoms with Crippen LogP contribution in [0.1, 0.15) is 36.9 Å². The van der Waals surface area contributed by atoms with Gasteiger partial charge in [0.2, 0.25) is 0 Å². The van der Waals surface area contributed by atoms with Gasteiger partial charge in [0.05, 0.1) is 0 Å². The van der Waals surface area contributed by atoms with Crippen molar-refractivity contribution in [2.45, 2.75) is 39.5 Å². The van der Waals surface area contributed by atoms with E-state index in [1.807, 2.05) is 11.3 Å². The summed E-state index contributed by atoms with van der Waals surface area (Å²) in [5, 5.41) is 0. The molecule has 0 saturated carbocycles. The van der Waals surface area contributed by atoms with Crippen molar-refractivity contribution in [2.24, 2.45) is 0 Å². The zero-order valence-electron chi connectivity index (χ0n) is 7.77. The molecule has 1 heterocycles. The third kappa shape index (κ3) is 1.84. The van der Waals surface area contributed by atoms with Crippen molar-refractivity contribution in [3.8, 4) is 0 Å². The lowest BCUT2D eigenvalue weighted by Gasteiger charge is -2.20. The lowest BCUT2D eigenvalue weighted by molar-refractivity contribution is 0.517. The van der Waals surface area contributed by atoms with E-state index in [0.717, 1.165) is 0 Å². The molecule has 0 amide bonds. The molecule has 0 saturated heterocycles. The van der Waals surface area contributed by atoms with Crippen LogP contribution in [0.5, 0.6) is 0 Å². The molecule has 0 nitrogen and oxygen atoms in total. The van der Waals surface area contributed by atoms with E-state index in [1.165, 1.54) is 16.2 Å². The molecule has 0 N–H and O–H groups in total. The average Bonchev–Trinajstić information content (AvgIpc) is 2.36. The van der Waals surface area contributed by atoms with Crippen molar-refractivity contribution in [2.75, 3.05) is 0 Å². The van der Waals surface area contributed by atoms with E-state index in [1.54, 1.807) is 0 Å². The largest absolute Gasteiger partial charge is 0.145 e. The van der Waals surface area contributed by atoms with Gasteiger partial charge < -0.3 is 0 Å². The smallest absolute Gasteiger partial charge is 0.0104 e. The Morgan fingerprint density at radius 3 is 2.36 bits per heavy atom. The maximum atomic E-state index is 2.30. The summed E-state index contributed by atoms with van der Waals surface area (Å²) in [4.78, 5) is 2.93. The monoisotopic (exact) mass is 168 g/mol. The maximum Gasteiger partial charge on any atom is 0.0104 e. The molecule has 11 heavy (non-hydrogen) atoms. The zero-order valence-corrected chi connectivity index (χ0v) is 8.59. The van der Waals surface area contributed by atoms with Gasteiger partial charge in [0, 0.05) is 9.75 Å². The third-order valence-electron chi connectivity index (χ3n) is 2.29. The van der Waals surface area contributed by atoms with Crippen LogP contribution in [0.25, 0.3) is 0 Å². The molecular formula is C10H16S. The molecule has 0 aliphatic rings. The van der Waals surface area contributed by atoms with E-state index < -0.39 is 0 Å². The molecule has 0 radical (unpaired) electrons. The first-order valence-corrected chi connectivity index (χ1v) is 4.95. The predicted octanol–water partition coefficient (Wildman–Crippen LogP) is 3.74. The van der Waals surface area contributed by atoms with Gasteiger partial charge >= 0.3 is 0 Å². The summed E-state index contributed by atoms with van der Waals surface area (Å²) in [6, 6.07) is 4.46. The van der Waals surface area contributed by atoms with Gasteiger partial charge in [-0.3, -0.25) is 0 Å². The van der Waals surface area contributed by atoms with E-state index in [4.69, 9.17) is 0 Å². The summed E-state index contributed by atoms with van der Waals surface area (Å²) >= 11 is 1.92. The molecule has 0 unspecified atom stereocenters. The van der Waals surface area contributed by atoms with Gasteiger partial charge in [-0.1, -0.05) is 20.8 Å². The highest BCUT2D eigenvalue weighted by Gasteiger charge is 2.18. The highest BCUT2D eigenvalue weighted by atomic mass is 32.1. The first-order valence-electron chi connectivity index (χ1n) is 4.13. The van der Waals surface area contributed by atoms with Crippen molar-refractivity contribution in [1.82, 2.24) is 0 Å². The highest BCUT2D eigenvalue weighted by molar-refractivity contribution is 7.12. The second-order valence-electron chi connectivity index (χ2n) is 3.65. The zero-order chi connectivity index (χ0) is 8.48. The fourth-order valence-corrected chi connectivity index (χ4v) is 2.01. The first-order chi connectivity index (χ1) is 5.06. The summed E-state index contributed by atoms with van der Waals surface area (Å²) in [7, 11) is 0. The Labute approximate surface area is 73.3 Å². The van der Waals surface area contributed by atoms with Crippen LogP contribution in [0.15, 0.2) is 12.1 Å². The fourth-order valence-electron chi connectivity index (χ4n) is 0.972. The summed E-state index contributed by atoms with van der Waals surface area (Å²) in [6.45, 7) is 9.02. The predicted molar refractivity (Wildman–Crippen MR) is 52.4 cm³/mol. The normalized spacial score (nSPS) is 12.0. The van der Waals surface area contributed by atoms with Crippen molar-refractivity contribution in [1.29, 1.82) is 0 Å². The van der Waals surface area contributed by atoms with Gasteiger partial charge in [0.15, 0.2) is 0 Å². The molecule has 0 atom stereocenters. The molecule has 0 aromatic carbocycles. The minimum absolute atomic E-state index is 0.374. The van der Waals surface area contributed by atoms with E-state index in [0.29, 0.717) is 5.41 Å². The van der Waals surface area contributed by atoms with Gasteiger partial charge in [-0.25, -0.2) is 0 Å². The van der Waals surface area contributed by atoms with Gasteiger partial charge in [-0.05, 0) is 30.9 Å². The van der Waals surface area contributed by atoms with Crippen LogP contribution < -0.4 is 0 Å². The quantitative estimate of drug-likeness (QED) is 0.631. The van der Waals surface area contributed by atoms with Crippen molar-refractivity contribution < 1.29 is 0 Å². The molecule has 1 heteroatoms. The Morgan fingerprint density at radius 2 is 2.00 bits per heavy atom. The summed E-state index contributed by atoms with van der Waals surface area (Å²) in [5.41, 5.74) is 0.374.